The van der Waals surface area contributed by atoms with Crippen LogP contribution in [0, 0.1) is 20.2 Å². The molecule has 0 saturated carbocycles. The molecule has 9 heteroatoms. The number of hydrogen-bond donors (Lipinski definition) is 1. The number of carbonyl (C=O) groups is 1. The zero-order chi connectivity index (χ0) is 17.7. The number of non-ortho nitro benzene ring substituents is 2. The molecule has 0 fully saturated rings. The highest BCUT2D eigenvalue weighted by Gasteiger charge is 2.14. The lowest BCUT2D eigenvalue weighted by Gasteiger charge is -2.10. The topological polar surface area (TPSA) is 125 Å². The van der Waals surface area contributed by atoms with Gasteiger partial charge in [0.05, 0.1) is 35.1 Å². The quantitative estimate of drug-likeness (QED) is 0.641. The first-order chi connectivity index (χ1) is 11.4. The second-order valence-corrected chi connectivity index (χ2v) is 4.79. The summed E-state index contributed by atoms with van der Waals surface area (Å²) in [5.74, 6) is -0.211. The van der Waals surface area contributed by atoms with Crippen LogP contribution in [-0.4, -0.2) is 22.9 Å². The zero-order valence-electron chi connectivity index (χ0n) is 12.6. The maximum atomic E-state index is 12.1. The van der Waals surface area contributed by atoms with Gasteiger partial charge < -0.3 is 10.1 Å². The summed E-state index contributed by atoms with van der Waals surface area (Å²) in [6.45, 7) is 0. The summed E-state index contributed by atoms with van der Waals surface area (Å²) in [6, 6.07) is 9.45. The molecule has 0 atom stereocenters. The van der Waals surface area contributed by atoms with Gasteiger partial charge in [-0.15, -0.1) is 0 Å². The average Bonchev–Trinajstić information content (AvgIpc) is 2.55. The summed E-state index contributed by atoms with van der Waals surface area (Å²) in [4.78, 5) is 32.3. The molecular formula is C15H13N3O6. The van der Waals surface area contributed by atoms with Crippen LogP contribution in [0.15, 0.2) is 42.5 Å². The maximum absolute atomic E-state index is 12.1. The second-order valence-electron chi connectivity index (χ2n) is 4.79. The van der Waals surface area contributed by atoms with E-state index in [0.717, 1.165) is 0 Å². The summed E-state index contributed by atoms with van der Waals surface area (Å²) < 4.78 is 5.04. The van der Waals surface area contributed by atoms with E-state index < -0.39 is 9.85 Å². The van der Waals surface area contributed by atoms with Gasteiger partial charge in [-0.05, 0) is 11.6 Å². The Balaban J connectivity index is 2.09. The number of rotatable bonds is 6. The normalized spacial score (nSPS) is 10.0. The van der Waals surface area contributed by atoms with Crippen molar-refractivity contribution < 1.29 is 19.4 Å². The third kappa shape index (κ3) is 4.03. The van der Waals surface area contributed by atoms with Crippen LogP contribution in [0.3, 0.4) is 0 Å². The fourth-order valence-electron chi connectivity index (χ4n) is 2.01. The van der Waals surface area contributed by atoms with Crippen LogP contribution in [-0.2, 0) is 11.2 Å². The van der Waals surface area contributed by atoms with Gasteiger partial charge >= 0.3 is 0 Å². The summed E-state index contributed by atoms with van der Waals surface area (Å²) >= 11 is 0. The molecule has 2 aromatic carbocycles. The molecule has 0 aromatic heterocycles. The van der Waals surface area contributed by atoms with Crippen molar-refractivity contribution in [1.29, 1.82) is 0 Å². The Kier molecular flexibility index (Phi) is 5.05. The van der Waals surface area contributed by atoms with E-state index in [1.165, 1.54) is 49.6 Å². The Bertz CT molecular complexity index is 788. The lowest BCUT2D eigenvalue weighted by Crippen LogP contribution is -2.15. The van der Waals surface area contributed by atoms with Gasteiger partial charge in [0.2, 0.25) is 5.91 Å². The summed E-state index contributed by atoms with van der Waals surface area (Å²) in [5, 5.41) is 23.9. The first kappa shape index (κ1) is 16.9. The van der Waals surface area contributed by atoms with Gasteiger partial charge in [-0.3, -0.25) is 25.0 Å². The van der Waals surface area contributed by atoms with Crippen molar-refractivity contribution in [3.05, 3.63) is 68.3 Å². The third-order valence-electron chi connectivity index (χ3n) is 3.18. The molecule has 2 aromatic rings. The second kappa shape index (κ2) is 7.18. The van der Waals surface area contributed by atoms with Crippen molar-refractivity contribution in [2.75, 3.05) is 12.4 Å². The molecule has 9 nitrogen and oxygen atoms in total. The molecule has 1 N–H and O–H groups in total. The molecule has 0 radical (unpaired) electrons. The number of nitro benzene ring substituents is 2. The van der Waals surface area contributed by atoms with E-state index in [0.29, 0.717) is 11.3 Å². The van der Waals surface area contributed by atoms with Crippen LogP contribution in [0.4, 0.5) is 17.1 Å². The number of nitro groups is 2. The van der Waals surface area contributed by atoms with Crippen molar-refractivity contribution >= 4 is 23.0 Å². The predicted molar refractivity (Wildman–Crippen MR) is 85.1 cm³/mol. The molecular weight excluding hydrogens is 318 g/mol. The maximum Gasteiger partial charge on any atom is 0.273 e. The van der Waals surface area contributed by atoms with E-state index in [1.807, 2.05) is 0 Å². The molecule has 24 heavy (non-hydrogen) atoms. The minimum Gasteiger partial charge on any atom is -0.494 e. The minimum absolute atomic E-state index is 0.00185. The Morgan fingerprint density at radius 2 is 1.62 bits per heavy atom. The fraction of sp³-hybridized carbons (Fsp3) is 0.133. The average molecular weight is 331 g/mol. The molecule has 0 unspecified atom stereocenters. The lowest BCUT2D eigenvalue weighted by molar-refractivity contribution is -0.385. The van der Waals surface area contributed by atoms with Crippen LogP contribution in [0.2, 0.25) is 0 Å². The highest BCUT2D eigenvalue weighted by atomic mass is 16.6. The van der Waals surface area contributed by atoms with Gasteiger partial charge in [0.15, 0.2) is 0 Å². The van der Waals surface area contributed by atoms with Crippen molar-refractivity contribution in [1.82, 2.24) is 0 Å². The number of amides is 1. The number of hydrogen-bond acceptors (Lipinski definition) is 6. The van der Waals surface area contributed by atoms with Gasteiger partial charge in [0, 0.05) is 18.2 Å². The van der Waals surface area contributed by atoms with E-state index in [1.54, 1.807) is 0 Å². The van der Waals surface area contributed by atoms with Gasteiger partial charge in [-0.2, -0.15) is 0 Å². The molecule has 0 saturated heterocycles. The predicted octanol–water partition coefficient (Wildman–Crippen LogP) is 2.69. The summed E-state index contributed by atoms with van der Waals surface area (Å²) in [6.07, 6.45) is -0.00185. The molecule has 0 aliphatic rings. The van der Waals surface area contributed by atoms with E-state index in [9.17, 15) is 25.0 Å². The van der Waals surface area contributed by atoms with Crippen LogP contribution in [0.5, 0.6) is 5.75 Å². The van der Waals surface area contributed by atoms with E-state index in [4.69, 9.17) is 4.74 Å². The number of nitrogens with one attached hydrogen (secondary N) is 1. The van der Waals surface area contributed by atoms with Crippen LogP contribution < -0.4 is 10.1 Å². The summed E-state index contributed by atoms with van der Waals surface area (Å²) in [5.41, 5.74) is 0.686. The Hall–Kier alpha value is -3.49. The molecule has 0 spiro atoms. The Morgan fingerprint density at radius 3 is 2.17 bits per heavy atom. The monoisotopic (exact) mass is 331 g/mol. The van der Waals surface area contributed by atoms with Crippen molar-refractivity contribution in [3.63, 3.8) is 0 Å². The smallest absolute Gasteiger partial charge is 0.273 e. The van der Waals surface area contributed by atoms with Crippen LogP contribution >= 0.6 is 0 Å². The number of benzene rings is 2. The van der Waals surface area contributed by atoms with Crippen LogP contribution in [0.1, 0.15) is 5.56 Å². The number of nitrogens with zero attached hydrogens (tertiary/aromatic N) is 2. The molecule has 124 valence electrons. The highest BCUT2D eigenvalue weighted by molar-refractivity contribution is 5.93. The van der Waals surface area contributed by atoms with Crippen LogP contribution in [0.25, 0.3) is 0 Å². The number of methoxy groups -OCH3 is 1. The zero-order valence-corrected chi connectivity index (χ0v) is 12.6. The first-order valence-corrected chi connectivity index (χ1v) is 6.76. The van der Waals surface area contributed by atoms with Gasteiger partial charge in [0.25, 0.3) is 11.4 Å². The van der Waals surface area contributed by atoms with Gasteiger partial charge in [-0.1, -0.05) is 12.1 Å². The lowest BCUT2D eigenvalue weighted by atomic mass is 10.1. The Morgan fingerprint density at radius 1 is 1.04 bits per heavy atom. The van der Waals surface area contributed by atoms with E-state index >= 15 is 0 Å². The minimum atomic E-state index is -0.564. The summed E-state index contributed by atoms with van der Waals surface area (Å²) in [7, 11) is 1.34. The van der Waals surface area contributed by atoms with Gasteiger partial charge in [0.1, 0.15) is 5.75 Å². The molecule has 2 rings (SSSR count). The SMILES string of the molecule is COc1cc([N+](=O)[O-])ccc1NC(=O)Cc1ccc([N+](=O)[O-])cc1. The first-order valence-electron chi connectivity index (χ1n) is 6.76. The Labute approximate surface area is 136 Å². The van der Waals surface area contributed by atoms with Crippen molar-refractivity contribution in [2.24, 2.45) is 0 Å². The number of ether oxygens (including phenoxy) is 1. The van der Waals surface area contributed by atoms with Crippen molar-refractivity contribution in [2.45, 2.75) is 6.42 Å². The molecule has 0 bridgehead atoms. The largest absolute Gasteiger partial charge is 0.494 e. The standard InChI is InChI=1S/C15H13N3O6/c1-24-14-9-12(18(22)23)6-7-13(14)16-15(19)8-10-2-4-11(5-3-10)17(20)21/h2-7,9H,8H2,1H3,(H,16,19). The fourth-order valence-corrected chi connectivity index (χ4v) is 2.01. The van der Waals surface area contributed by atoms with E-state index in [-0.39, 0.29) is 29.5 Å². The highest BCUT2D eigenvalue weighted by Crippen LogP contribution is 2.29. The number of carbonyl (C=O) groups excluding carboxylic acids is 1. The molecule has 0 heterocycles. The van der Waals surface area contributed by atoms with E-state index in [2.05, 4.69) is 5.32 Å². The van der Waals surface area contributed by atoms with Gasteiger partial charge in [-0.25, -0.2) is 0 Å². The molecule has 0 aliphatic heterocycles. The molecule has 1 amide bonds. The number of anilines is 1. The molecule has 0 aliphatic carbocycles. The third-order valence-corrected chi connectivity index (χ3v) is 3.18. The van der Waals surface area contributed by atoms with Crippen molar-refractivity contribution in [3.8, 4) is 5.75 Å².